The van der Waals surface area contributed by atoms with Gasteiger partial charge in [-0.25, -0.2) is 0 Å². The van der Waals surface area contributed by atoms with Gasteiger partial charge < -0.3 is 22.5 Å². The molecule has 6 heteroatoms. The van der Waals surface area contributed by atoms with Crippen LogP contribution in [0.1, 0.15) is 38.5 Å². The van der Waals surface area contributed by atoms with Crippen LogP contribution in [0.5, 0.6) is 0 Å². The maximum absolute atomic E-state index is 10.0. The summed E-state index contributed by atoms with van der Waals surface area (Å²) in [4.78, 5) is 20.1. The van der Waals surface area contributed by atoms with Crippen molar-refractivity contribution in [3.63, 3.8) is 0 Å². The standard InChI is InChI=1S/C8H14O4.2H3N/c9-7(10)5-3-1-2-4-6-8(11)12;;/h1-6H2,(H,9,10)(H,11,12);2*1H3/p+2. The van der Waals surface area contributed by atoms with Gasteiger partial charge in [-0.15, -0.1) is 0 Å². The molecule has 0 saturated carbocycles. The molecule has 0 aromatic heterocycles. The molecule has 0 fully saturated rings. The van der Waals surface area contributed by atoms with Gasteiger partial charge in [-0.1, -0.05) is 12.8 Å². The Bertz CT molecular complexity index is 143. The summed E-state index contributed by atoms with van der Waals surface area (Å²) in [5.41, 5.74) is 0. The van der Waals surface area contributed by atoms with Crippen LogP contribution in [0.2, 0.25) is 0 Å². The number of carbonyl (C=O) groups is 2. The van der Waals surface area contributed by atoms with Crippen LogP contribution in [0, 0.1) is 0 Å². The van der Waals surface area contributed by atoms with Crippen molar-refractivity contribution in [2.75, 3.05) is 0 Å². The second-order valence-corrected chi connectivity index (χ2v) is 2.70. The maximum Gasteiger partial charge on any atom is 0.303 e. The zero-order valence-corrected chi connectivity index (χ0v) is 8.95. The first kappa shape index (κ1) is 18.6. The van der Waals surface area contributed by atoms with Gasteiger partial charge in [-0.05, 0) is 12.8 Å². The van der Waals surface area contributed by atoms with Gasteiger partial charge in [-0.3, -0.25) is 9.59 Å². The van der Waals surface area contributed by atoms with Crippen LogP contribution in [0.3, 0.4) is 0 Å². The molecular formula is C8H22N2O4+2. The van der Waals surface area contributed by atoms with Crippen LogP contribution < -0.4 is 12.3 Å². The molecule has 0 aliphatic carbocycles. The van der Waals surface area contributed by atoms with Crippen molar-refractivity contribution in [1.29, 1.82) is 0 Å². The molecule has 0 unspecified atom stereocenters. The van der Waals surface area contributed by atoms with E-state index in [-0.39, 0.29) is 25.1 Å². The molecular weight excluding hydrogens is 188 g/mol. The first-order valence-corrected chi connectivity index (χ1v) is 4.06. The van der Waals surface area contributed by atoms with Gasteiger partial charge in [0.2, 0.25) is 0 Å². The minimum Gasteiger partial charge on any atom is -0.481 e. The molecule has 0 bridgehead atoms. The Morgan fingerprint density at radius 1 is 0.714 bits per heavy atom. The first-order valence-electron chi connectivity index (χ1n) is 4.06. The molecule has 0 aliphatic heterocycles. The molecule has 0 atom stereocenters. The maximum atomic E-state index is 10.0. The van der Waals surface area contributed by atoms with Gasteiger partial charge in [0, 0.05) is 12.8 Å². The van der Waals surface area contributed by atoms with E-state index in [4.69, 9.17) is 10.2 Å². The topological polar surface area (TPSA) is 148 Å². The number of hydrogen-bond donors (Lipinski definition) is 4. The first-order chi connectivity index (χ1) is 5.63. The summed E-state index contributed by atoms with van der Waals surface area (Å²) in [6.45, 7) is 0. The van der Waals surface area contributed by atoms with E-state index in [1.165, 1.54) is 0 Å². The highest BCUT2D eigenvalue weighted by Gasteiger charge is 1.98. The molecule has 0 aromatic rings. The predicted molar refractivity (Wildman–Crippen MR) is 54.9 cm³/mol. The lowest BCUT2D eigenvalue weighted by atomic mass is 10.1. The predicted octanol–water partition coefficient (Wildman–Crippen LogP) is 2.25. The van der Waals surface area contributed by atoms with E-state index in [0.29, 0.717) is 12.8 Å². The number of quaternary nitrogens is 2. The summed E-state index contributed by atoms with van der Waals surface area (Å²) in [5.74, 6) is -1.57. The second-order valence-electron chi connectivity index (χ2n) is 2.70. The van der Waals surface area contributed by atoms with Crippen LogP contribution >= 0.6 is 0 Å². The zero-order valence-electron chi connectivity index (χ0n) is 8.95. The Kier molecular flexibility index (Phi) is 15.8. The van der Waals surface area contributed by atoms with Gasteiger partial charge in [0.15, 0.2) is 0 Å². The Balaban J connectivity index is -0.000000605. The van der Waals surface area contributed by atoms with Gasteiger partial charge in [0.1, 0.15) is 0 Å². The Morgan fingerprint density at radius 3 is 1.21 bits per heavy atom. The van der Waals surface area contributed by atoms with Gasteiger partial charge in [0.05, 0.1) is 0 Å². The molecule has 14 heavy (non-hydrogen) atoms. The fraction of sp³-hybridized carbons (Fsp3) is 0.750. The average molecular weight is 210 g/mol. The van der Waals surface area contributed by atoms with E-state index in [1.807, 2.05) is 0 Å². The molecule has 0 heterocycles. The lowest BCUT2D eigenvalue weighted by Crippen LogP contribution is -1.95. The Morgan fingerprint density at radius 2 is 1.00 bits per heavy atom. The lowest BCUT2D eigenvalue weighted by molar-refractivity contribution is -0.138. The second kappa shape index (κ2) is 11.9. The van der Waals surface area contributed by atoms with Crippen LogP contribution in [0.25, 0.3) is 0 Å². The molecule has 0 aliphatic rings. The lowest BCUT2D eigenvalue weighted by Gasteiger charge is -1.96. The van der Waals surface area contributed by atoms with E-state index in [0.717, 1.165) is 12.8 Å². The minimum absolute atomic E-state index is 0. The van der Waals surface area contributed by atoms with Crippen molar-refractivity contribution in [2.45, 2.75) is 38.5 Å². The van der Waals surface area contributed by atoms with E-state index in [9.17, 15) is 9.59 Å². The van der Waals surface area contributed by atoms with Crippen LogP contribution in [-0.2, 0) is 9.59 Å². The summed E-state index contributed by atoms with van der Waals surface area (Å²) in [6, 6.07) is 0. The van der Waals surface area contributed by atoms with E-state index >= 15 is 0 Å². The van der Waals surface area contributed by atoms with Crippen LogP contribution in [0.15, 0.2) is 0 Å². The van der Waals surface area contributed by atoms with Crippen molar-refractivity contribution in [2.24, 2.45) is 0 Å². The quantitative estimate of drug-likeness (QED) is 0.477. The highest BCUT2D eigenvalue weighted by Crippen LogP contribution is 2.04. The normalized spacial score (nSPS) is 8.29. The number of carboxylic acids is 2. The third kappa shape index (κ3) is 17.1. The summed E-state index contributed by atoms with van der Waals surface area (Å²) >= 11 is 0. The zero-order chi connectivity index (χ0) is 9.40. The molecule has 0 aromatic carbocycles. The fourth-order valence-corrected chi connectivity index (χ4v) is 0.906. The van der Waals surface area contributed by atoms with Gasteiger partial charge >= 0.3 is 11.9 Å². The smallest absolute Gasteiger partial charge is 0.303 e. The molecule has 0 radical (unpaired) electrons. The van der Waals surface area contributed by atoms with Crippen molar-refractivity contribution >= 4 is 11.9 Å². The monoisotopic (exact) mass is 210 g/mol. The number of unbranched alkanes of at least 4 members (excludes halogenated alkanes) is 3. The average Bonchev–Trinajstić information content (AvgIpc) is 1.95. The summed E-state index contributed by atoms with van der Waals surface area (Å²) < 4.78 is 0. The van der Waals surface area contributed by atoms with Crippen LogP contribution in [0.4, 0.5) is 0 Å². The summed E-state index contributed by atoms with van der Waals surface area (Å²) in [7, 11) is 0. The highest BCUT2D eigenvalue weighted by molar-refractivity contribution is 5.66. The van der Waals surface area contributed by atoms with E-state index in [1.54, 1.807) is 0 Å². The highest BCUT2D eigenvalue weighted by atomic mass is 16.4. The Hall–Kier alpha value is -1.14. The largest absolute Gasteiger partial charge is 0.481 e. The fourth-order valence-electron chi connectivity index (χ4n) is 0.906. The third-order valence-electron chi connectivity index (χ3n) is 1.53. The van der Waals surface area contributed by atoms with Gasteiger partial charge in [0.25, 0.3) is 0 Å². The van der Waals surface area contributed by atoms with Gasteiger partial charge in [-0.2, -0.15) is 0 Å². The molecule has 0 amide bonds. The van der Waals surface area contributed by atoms with Crippen molar-refractivity contribution in [3.8, 4) is 0 Å². The third-order valence-corrected chi connectivity index (χ3v) is 1.53. The number of aliphatic carboxylic acids is 2. The molecule has 6 nitrogen and oxygen atoms in total. The minimum atomic E-state index is -0.784. The van der Waals surface area contributed by atoms with Crippen molar-refractivity contribution < 1.29 is 19.8 Å². The summed E-state index contributed by atoms with van der Waals surface area (Å²) in [6.07, 6.45) is 3.28. The van der Waals surface area contributed by atoms with E-state index in [2.05, 4.69) is 0 Å². The summed E-state index contributed by atoms with van der Waals surface area (Å²) in [5, 5.41) is 16.5. The molecule has 0 rings (SSSR count). The molecule has 10 N–H and O–H groups in total. The number of hydrogen-bond acceptors (Lipinski definition) is 2. The van der Waals surface area contributed by atoms with Crippen molar-refractivity contribution in [1.82, 2.24) is 12.3 Å². The molecule has 0 saturated heterocycles. The number of rotatable bonds is 7. The molecule has 86 valence electrons. The van der Waals surface area contributed by atoms with Crippen molar-refractivity contribution in [3.05, 3.63) is 0 Å². The van der Waals surface area contributed by atoms with E-state index < -0.39 is 11.9 Å². The Labute approximate surface area is 83.5 Å². The van der Waals surface area contributed by atoms with Crippen LogP contribution in [-0.4, -0.2) is 22.2 Å². The molecule has 0 spiro atoms. The SMILES string of the molecule is O=C(O)CCCCCCC(=O)O.[NH4+].[NH4+]. The number of carboxylic acid groups (broad SMARTS) is 2.